The summed E-state index contributed by atoms with van der Waals surface area (Å²) in [6.07, 6.45) is 16.0. The van der Waals surface area contributed by atoms with Crippen LogP contribution in [0, 0.1) is 18.3 Å². The lowest BCUT2D eigenvalue weighted by Crippen LogP contribution is -2.47. The number of piperidine rings is 1. The first kappa shape index (κ1) is 12.0. The van der Waals surface area contributed by atoms with Crippen molar-refractivity contribution in [2.75, 3.05) is 6.54 Å². The summed E-state index contributed by atoms with van der Waals surface area (Å²) in [6, 6.07) is 1.76. The maximum Gasteiger partial charge on any atom is 0.0127 e. The summed E-state index contributed by atoms with van der Waals surface area (Å²) in [5, 5.41) is 0. The summed E-state index contributed by atoms with van der Waals surface area (Å²) < 4.78 is 0. The van der Waals surface area contributed by atoms with Gasteiger partial charge >= 0.3 is 0 Å². The summed E-state index contributed by atoms with van der Waals surface area (Å²) in [5.41, 5.74) is 0. The van der Waals surface area contributed by atoms with Crippen molar-refractivity contribution in [2.24, 2.45) is 5.92 Å². The molecule has 2 saturated heterocycles. The maximum atomic E-state index is 5.33. The van der Waals surface area contributed by atoms with Crippen LogP contribution in [0.15, 0.2) is 0 Å². The van der Waals surface area contributed by atoms with Crippen LogP contribution in [-0.4, -0.2) is 23.5 Å². The molecule has 0 amide bonds. The Balaban J connectivity index is 1.89. The van der Waals surface area contributed by atoms with Crippen LogP contribution >= 0.6 is 0 Å². The number of fused-ring (bicyclic) bond motifs is 1. The third-order valence-electron chi connectivity index (χ3n) is 4.61. The lowest BCUT2D eigenvalue weighted by atomic mass is 9.83. The van der Waals surface area contributed by atoms with Gasteiger partial charge in [0.15, 0.2) is 0 Å². The summed E-state index contributed by atoms with van der Waals surface area (Å²) >= 11 is 0. The van der Waals surface area contributed by atoms with E-state index in [0.29, 0.717) is 0 Å². The fourth-order valence-electron chi connectivity index (χ4n) is 3.77. The largest absolute Gasteiger partial charge is 0.297 e. The molecule has 2 heterocycles. The van der Waals surface area contributed by atoms with E-state index in [2.05, 4.69) is 17.7 Å². The Morgan fingerprint density at radius 2 is 2.19 bits per heavy atom. The zero-order valence-electron chi connectivity index (χ0n) is 10.6. The molecule has 90 valence electrons. The highest BCUT2D eigenvalue weighted by Gasteiger charge is 2.38. The van der Waals surface area contributed by atoms with E-state index in [4.69, 9.17) is 6.42 Å². The summed E-state index contributed by atoms with van der Waals surface area (Å²) in [7, 11) is 0. The average molecular weight is 219 g/mol. The standard InChI is InChI=1S/C15H25N/c1-3-5-6-8-14-11-10-13(4-2)15-9-7-12-16(14)15/h1,13-15H,4-12H2,2H3. The van der Waals surface area contributed by atoms with Gasteiger partial charge in [0.2, 0.25) is 0 Å². The Morgan fingerprint density at radius 3 is 2.94 bits per heavy atom. The van der Waals surface area contributed by atoms with Crippen LogP contribution in [0.1, 0.15) is 58.3 Å². The van der Waals surface area contributed by atoms with Gasteiger partial charge in [-0.05, 0) is 51.0 Å². The molecular weight excluding hydrogens is 194 g/mol. The Kier molecular flexibility index (Phi) is 4.29. The predicted molar refractivity (Wildman–Crippen MR) is 69.2 cm³/mol. The van der Waals surface area contributed by atoms with E-state index in [0.717, 1.165) is 24.4 Å². The minimum atomic E-state index is 0.851. The van der Waals surface area contributed by atoms with E-state index in [1.54, 1.807) is 0 Å². The molecule has 0 N–H and O–H groups in total. The molecule has 0 aliphatic carbocycles. The minimum Gasteiger partial charge on any atom is -0.297 e. The smallest absolute Gasteiger partial charge is 0.0127 e. The van der Waals surface area contributed by atoms with Crippen LogP contribution < -0.4 is 0 Å². The van der Waals surface area contributed by atoms with Crippen LogP contribution in [0.2, 0.25) is 0 Å². The normalized spacial score (nSPS) is 34.6. The number of terminal acetylenes is 1. The fourth-order valence-corrected chi connectivity index (χ4v) is 3.77. The van der Waals surface area contributed by atoms with Crippen molar-refractivity contribution < 1.29 is 0 Å². The second-order valence-electron chi connectivity index (χ2n) is 5.44. The van der Waals surface area contributed by atoms with Gasteiger partial charge in [-0.15, -0.1) is 12.3 Å². The number of nitrogens with zero attached hydrogens (tertiary/aromatic N) is 1. The van der Waals surface area contributed by atoms with Gasteiger partial charge in [-0.25, -0.2) is 0 Å². The predicted octanol–water partition coefficient (Wildman–Crippen LogP) is 3.44. The molecule has 2 rings (SSSR count). The van der Waals surface area contributed by atoms with Crippen molar-refractivity contribution in [2.45, 2.75) is 70.4 Å². The van der Waals surface area contributed by atoms with E-state index in [-0.39, 0.29) is 0 Å². The maximum absolute atomic E-state index is 5.33. The molecule has 3 atom stereocenters. The third-order valence-corrected chi connectivity index (χ3v) is 4.61. The van der Waals surface area contributed by atoms with Crippen LogP contribution in [0.4, 0.5) is 0 Å². The van der Waals surface area contributed by atoms with Crippen molar-refractivity contribution in [1.82, 2.24) is 4.90 Å². The first-order chi connectivity index (χ1) is 7.86. The van der Waals surface area contributed by atoms with Gasteiger partial charge in [-0.3, -0.25) is 4.90 Å². The van der Waals surface area contributed by atoms with E-state index in [1.165, 1.54) is 51.5 Å². The fraction of sp³-hybridized carbons (Fsp3) is 0.867. The first-order valence-electron chi connectivity index (χ1n) is 7.06. The first-order valence-corrected chi connectivity index (χ1v) is 7.06. The topological polar surface area (TPSA) is 3.24 Å². The van der Waals surface area contributed by atoms with Gasteiger partial charge in [-0.2, -0.15) is 0 Å². The van der Waals surface area contributed by atoms with Gasteiger partial charge in [0.1, 0.15) is 0 Å². The van der Waals surface area contributed by atoms with Crippen molar-refractivity contribution in [3.8, 4) is 12.3 Å². The molecule has 1 heteroatoms. The minimum absolute atomic E-state index is 0.851. The Bertz CT molecular complexity index is 253. The van der Waals surface area contributed by atoms with Crippen molar-refractivity contribution in [3.63, 3.8) is 0 Å². The average Bonchev–Trinajstić information content (AvgIpc) is 2.79. The molecule has 0 spiro atoms. The molecule has 0 bridgehead atoms. The summed E-state index contributed by atoms with van der Waals surface area (Å²) in [5.74, 6) is 3.75. The van der Waals surface area contributed by atoms with E-state index >= 15 is 0 Å². The molecule has 3 unspecified atom stereocenters. The van der Waals surface area contributed by atoms with Crippen molar-refractivity contribution in [1.29, 1.82) is 0 Å². The van der Waals surface area contributed by atoms with Crippen molar-refractivity contribution in [3.05, 3.63) is 0 Å². The highest BCUT2D eigenvalue weighted by atomic mass is 15.2. The summed E-state index contributed by atoms with van der Waals surface area (Å²) in [6.45, 7) is 3.71. The molecule has 0 saturated carbocycles. The van der Waals surface area contributed by atoms with Gasteiger partial charge in [0.25, 0.3) is 0 Å². The third kappa shape index (κ3) is 2.43. The molecule has 0 aromatic heterocycles. The zero-order valence-corrected chi connectivity index (χ0v) is 10.6. The monoisotopic (exact) mass is 219 g/mol. The molecular formula is C15H25N. The highest BCUT2D eigenvalue weighted by Crippen LogP contribution is 2.38. The Hall–Kier alpha value is -0.480. The van der Waals surface area contributed by atoms with Gasteiger partial charge in [-0.1, -0.05) is 13.3 Å². The molecule has 2 fully saturated rings. The quantitative estimate of drug-likeness (QED) is 0.517. The summed E-state index contributed by atoms with van der Waals surface area (Å²) in [4.78, 5) is 2.81. The Morgan fingerprint density at radius 1 is 1.31 bits per heavy atom. The molecule has 2 aliphatic rings. The molecule has 16 heavy (non-hydrogen) atoms. The Labute approximate surface area is 101 Å². The van der Waals surface area contributed by atoms with Crippen LogP contribution in [0.3, 0.4) is 0 Å². The number of rotatable bonds is 4. The van der Waals surface area contributed by atoms with Crippen LogP contribution in [0.25, 0.3) is 0 Å². The van der Waals surface area contributed by atoms with Crippen LogP contribution in [-0.2, 0) is 0 Å². The van der Waals surface area contributed by atoms with Gasteiger partial charge < -0.3 is 0 Å². The van der Waals surface area contributed by atoms with Crippen LogP contribution in [0.5, 0.6) is 0 Å². The van der Waals surface area contributed by atoms with Crippen molar-refractivity contribution >= 4 is 0 Å². The molecule has 0 radical (unpaired) electrons. The second kappa shape index (κ2) is 5.73. The lowest BCUT2D eigenvalue weighted by Gasteiger charge is -2.42. The van der Waals surface area contributed by atoms with E-state index in [1.807, 2.05) is 0 Å². The molecule has 0 aromatic rings. The number of hydrogen-bond donors (Lipinski definition) is 0. The number of unbranched alkanes of at least 4 members (excludes halogenated alkanes) is 1. The highest BCUT2D eigenvalue weighted by molar-refractivity contribution is 4.94. The van der Waals surface area contributed by atoms with Gasteiger partial charge in [0.05, 0.1) is 0 Å². The lowest BCUT2D eigenvalue weighted by molar-refractivity contribution is 0.0665. The van der Waals surface area contributed by atoms with E-state index < -0.39 is 0 Å². The molecule has 0 aromatic carbocycles. The molecule has 2 aliphatic heterocycles. The SMILES string of the molecule is C#CCCCC1CCC(CC)C2CCCN12. The zero-order chi connectivity index (χ0) is 11.4. The molecule has 1 nitrogen and oxygen atoms in total. The number of hydrogen-bond acceptors (Lipinski definition) is 1. The van der Waals surface area contributed by atoms with E-state index in [9.17, 15) is 0 Å². The second-order valence-corrected chi connectivity index (χ2v) is 5.44. The van der Waals surface area contributed by atoms with Gasteiger partial charge in [0, 0.05) is 18.5 Å².